The smallest absolute Gasteiger partial charge is 0.341 e. The predicted molar refractivity (Wildman–Crippen MR) is 152 cm³/mol. The number of aryl methyl sites for hydroxylation is 4. The quantitative estimate of drug-likeness (QED) is 0.387. The van der Waals surface area contributed by atoms with Crippen LogP contribution in [-0.4, -0.2) is 45.7 Å². The van der Waals surface area contributed by atoms with Gasteiger partial charge in [0.25, 0.3) is 0 Å². The van der Waals surface area contributed by atoms with Gasteiger partial charge in [0, 0.05) is 68.4 Å². The van der Waals surface area contributed by atoms with Crippen molar-refractivity contribution in [1.29, 1.82) is 0 Å². The Labute approximate surface area is 226 Å². The third-order valence-electron chi connectivity index (χ3n) is 5.99. The van der Waals surface area contributed by atoms with Crippen molar-refractivity contribution in [2.24, 2.45) is 13.0 Å². The molecule has 208 valence electrons. The van der Waals surface area contributed by atoms with Crippen LogP contribution in [0.4, 0.5) is 0 Å². The van der Waals surface area contributed by atoms with Gasteiger partial charge in [-0.2, -0.15) is 5.10 Å². The number of benzene rings is 1. The summed E-state index contributed by atoms with van der Waals surface area (Å²) in [5.74, 6) is 0.398. The Balaban J connectivity index is 0.000000773. The molecule has 0 unspecified atom stereocenters. The Bertz CT molecular complexity index is 1300. The first-order valence-electron chi connectivity index (χ1n) is 13.3. The fourth-order valence-electron chi connectivity index (χ4n) is 4.32. The van der Waals surface area contributed by atoms with Crippen LogP contribution < -0.4 is 10.2 Å². The van der Waals surface area contributed by atoms with Crippen LogP contribution in [-0.2, 0) is 24.8 Å². The van der Waals surface area contributed by atoms with Crippen molar-refractivity contribution in [3.05, 3.63) is 57.1 Å². The molecule has 1 N–H and O–H groups in total. The molecule has 3 heterocycles. The molecule has 38 heavy (non-hydrogen) atoms. The molecule has 0 radical (unpaired) electrons. The first-order chi connectivity index (χ1) is 18.0. The van der Waals surface area contributed by atoms with Crippen LogP contribution in [0, 0.1) is 19.8 Å². The number of hydrogen-bond acceptors (Lipinski definition) is 5. The van der Waals surface area contributed by atoms with Crippen molar-refractivity contribution in [3.8, 4) is 28.1 Å². The molecular formula is C30H43N3O5. The van der Waals surface area contributed by atoms with Gasteiger partial charge in [-0.05, 0) is 43.9 Å². The van der Waals surface area contributed by atoms with Gasteiger partial charge in [-0.15, -0.1) is 0 Å². The molecule has 0 amide bonds. The van der Waals surface area contributed by atoms with Gasteiger partial charge in [-0.1, -0.05) is 34.6 Å². The molecule has 0 bridgehead atoms. The second-order valence-corrected chi connectivity index (χ2v) is 9.79. The molecule has 8 nitrogen and oxygen atoms in total. The van der Waals surface area contributed by atoms with E-state index in [0.29, 0.717) is 31.9 Å². The van der Waals surface area contributed by atoms with Crippen LogP contribution in [0.2, 0.25) is 0 Å². The van der Waals surface area contributed by atoms with Gasteiger partial charge in [-0.3, -0.25) is 9.48 Å². The molecule has 0 saturated heterocycles. The highest BCUT2D eigenvalue weighted by Gasteiger charge is 2.24. The predicted octanol–water partition coefficient (Wildman–Crippen LogP) is 5.89. The molecule has 3 aromatic rings. The molecule has 1 aliphatic heterocycles. The number of aromatic carboxylic acids is 1. The summed E-state index contributed by atoms with van der Waals surface area (Å²) in [6.45, 7) is 16.2. The Kier molecular flexibility index (Phi) is 11.3. The van der Waals surface area contributed by atoms with Crippen LogP contribution in [0.1, 0.15) is 68.3 Å². The van der Waals surface area contributed by atoms with E-state index in [1.165, 1.54) is 12.3 Å². The minimum Gasteiger partial charge on any atom is -0.493 e. The highest BCUT2D eigenvalue weighted by Crippen LogP contribution is 2.41. The summed E-state index contributed by atoms with van der Waals surface area (Å²) in [4.78, 5) is 23.8. The summed E-state index contributed by atoms with van der Waals surface area (Å²) in [6, 6.07) is 5.51. The molecule has 0 spiro atoms. The standard InChI is InChI=1S/C24H27N3O5.C4H10.C2H6/c1-14-23(15(2)26(3)25-14)18-11-17-16(10-22(18)32-9-5-8-31-4)6-7-27-13-19(24(29)30)21(28)12-20(17)27;1-4(2)3;1-2/h10-13H,5-9H2,1-4H3,(H,29,30);4H,1-3H3;1-2H3. The van der Waals surface area contributed by atoms with Crippen molar-refractivity contribution < 1.29 is 19.4 Å². The van der Waals surface area contributed by atoms with E-state index in [9.17, 15) is 14.7 Å². The molecule has 0 atom stereocenters. The van der Waals surface area contributed by atoms with Gasteiger partial charge >= 0.3 is 5.97 Å². The average molecular weight is 526 g/mol. The molecule has 2 aromatic heterocycles. The fraction of sp³-hybridized carbons (Fsp3) is 0.500. The van der Waals surface area contributed by atoms with Crippen molar-refractivity contribution >= 4 is 5.97 Å². The van der Waals surface area contributed by atoms with E-state index in [-0.39, 0.29) is 5.56 Å². The largest absolute Gasteiger partial charge is 0.493 e. The maximum absolute atomic E-state index is 12.4. The highest BCUT2D eigenvalue weighted by atomic mass is 16.5. The Morgan fingerprint density at radius 2 is 1.76 bits per heavy atom. The van der Waals surface area contributed by atoms with Crippen LogP contribution in [0.3, 0.4) is 0 Å². The van der Waals surface area contributed by atoms with E-state index in [2.05, 4.69) is 25.9 Å². The van der Waals surface area contributed by atoms with Gasteiger partial charge in [0.05, 0.1) is 18.0 Å². The van der Waals surface area contributed by atoms with Gasteiger partial charge in [0.15, 0.2) is 5.43 Å². The molecule has 1 aliphatic rings. The van der Waals surface area contributed by atoms with E-state index in [1.807, 2.05) is 56.1 Å². The van der Waals surface area contributed by atoms with E-state index in [0.717, 1.165) is 51.7 Å². The van der Waals surface area contributed by atoms with E-state index in [4.69, 9.17) is 9.47 Å². The molecule has 0 aliphatic carbocycles. The third kappa shape index (κ3) is 7.13. The summed E-state index contributed by atoms with van der Waals surface area (Å²) in [5.41, 5.74) is 5.80. The van der Waals surface area contributed by atoms with Crippen molar-refractivity contribution in [3.63, 3.8) is 0 Å². The van der Waals surface area contributed by atoms with E-state index >= 15 is 0 Å². The summed E-state index contributed by atoms with van der Waals surface area (Å²) in [6.07, 6.45) is 2.93. The highest BCUT2D eigenvalue weighted by molar-refractivity contribution is 5.88. The number of pyridine rings is 1. The van der Waals surface area contributed by atoms with E-state index in [1.54, 1.807) is 7.11 Å². The minimum absolute atomic E-state index is 0.213. The zero-order valence-corrected chi connectivity index (χ0v) is 24.3. The Morgan fingerprint density at radius 1 is 1.11 bits per heavy atom. The number of hydrogen-bond donors (Lipinski definition) is 1. The summed E-state index contributed by atoms with van der Waals surface area (Å²) in [7, 11) is 3.58. The molecule has 8 heteroatoms. The average Bonchev–Trinajstić information content (AvgIpc) is 3.12. The number of rotatable bonds is 7. The van der Waals surface area contributed by atoms with Crippen LogP contribution >= 0.6 is 0 Å². The summed E-state index contributed by atoms with van der Waals surface area (Å²) >= 11 is 0. The maximum atomic E-state index is 12.4. The minimum atomic E-state index is -1.21. The zero-order valence-electron chi connectivity index (χ0n) is 24.3. The Morgan fingerprint density at radius 3 is 2.32 bits per heavy atom. The molecule has 0 fully saturated rings. The fourth-order valence-corrected chi connectivity index (χ4v) is 4.32. The van der Waals surface area contributed by atoms with E-state index < -0.39 is 11.4 Å². The van der Waals surface area contributed by atoms with Crippen LogP contribution in [0.15, 0.2) is 29.2 Å². The lowest BCUT2D eigenvalue weighted by Crippen LogP contribution is -2.22. The number of methoxy groups -OCH3 is 1. The van der Waals surface area contributed by atoms with Gasteiger partial charge in [0.1, 0.15) is 11.3 Å². The molecule has 4 rings (SSSR count). The number of ether oxygens (including phenoxy) is 2. The lowest BCUT2D eigenvalue weighted by atomic mass is 9.91. The number of nitrogens with zero attached hydrogens (tertiary/aromatic N) is 3. The van der Waals surface area contributed by atoms with Crippen LogP contribution in [0.5, 0.6) is 5.75 Å². The van der Waals surface area contributed by atoms with Crippen molar-refractivity contribution in [1.82, 2.24) is 14.3 Å². The monoisotopic (exact) mass is 525 g/mol. The van der Waals surface area contributed by atoms with Gasteiger partial charge in [-0.25, -0.2) is 4.79 Å². The number of carboxylic acids is 1. The first kappa shape index (κ1) is 30.8. The lowest BCUT2D eigenvalue weighted by molar-refractivity contribution is 0.0694. The lowest BCUT2D eigenvalue weighted by Gasteiger charge is -2.25. The SMILES string of the molecule is CC.CC(C)C.COCCCOc1cc2c(cc1-c1c(C)nn(C)c1C)-c1cc(=O)c(C(=O)O)cn1CC2. The second kappa shape index (κ2) is 14.0. The molecule has 1 aromatic carbocycles. The zero-order chi connectivity index (χ0) is 28.6. The number of carboxylic acid groups (broad SMARTS) is 1. The van der Waals surface area contributed by atoms with Gasteiger partial charge in [0.2, 0.25) is 0 Å². The normalized spacial score (nSPS) is 11.5. The first-order valence-corrected chi connectivity index (χ1v) is 13.3. The third-order valence-corrected chi connectivity index (χ3v) is 5.99. The summed E-state index contributed by atoms with van der Waals surface area (Å²) < 4.78 is 15.0. The van der Waals surface area contributed by atoms with Gasteiger partial charge < -0.3 is 19.1 Å². The van der Waals surface area contributed by atoms with Crippen molar-refractivity contribution in [2.75, 3.05) is 20.3 Å². The number of carbonyl (C=O) groups is 1. The Hall–Kier alpha value is -3.39. The maximum Gasteiger partial charge on any atom is 0.341 e. The second-order valence-electron chi connectivity index (χ2n) is 9.79. The summed E-state index contributed by atoms with van der Waals surface area (Å²) in [5, 5.41) is 13.9. The number of fused-ring (bicyclic) bond motifs is 3. The number of aromatic nitrogens is 3. The van der Waals surface area contributed by atoms with Crippen molar-refractivity contribution in [2.45, 2.75) is 67.9 Å². The molecule has 0 saturated carbocycles. The topological polar surface area (TPSA) is 95.6 Å². The molecular weight excluding hydrogens is 482 g/mol. The van der Waals surface area contributed by atoms with Crippen LogP contribution in [0.25, 0.3) is 22.4 Å².